The third-order valence-corrected chi connectivity index (χ3v) is 4.28. The van der Waals surface area contributed by atoms with E-state index >= 15 is 0 Å². The van der Waals surface area contributed by atoms with Crippen molar-refractivity contribution in [3.63, 3.8) is 0 Å². The summed E-state index contributed by atoms with van der Waals surface area (Å²) in [5.74, 6) is -2.21. The molecule has 4 amide bonds. The summed E-state index contributed by atoms with van der Waals surface area (Å²) in [5, 5.41) is 8.29. The van der Waals surface area contributed by atoms with E-state index in [1.54, 1.807) is 0 Å². The van der Waals surface area contributed by atoms with Crippen LogP contribution in [0.15, 0.2) is 12.4 Å². The van der Waals surface area contributed by atoms with E-state index in [1.165, 1.54) is 17.3 Å². The Kier molecular flexibility index (Phi) is 6.64. The van der Waals surface area contributed by atoms with Crippen molar-refractivity contribution >= 4 is 17.7 Å². The van der Waals surface area contributed by atoms with Crippen LogP contribution in [0.1, 0.15) is 53.3 Å². The van der Waals surface area contributed by atoms with Gasteiger partial charge in [-0.1, -0.05) is 0 Å². The average molecular weight is 412 g/mol. The van der Waals surface area contributed by atoms with E-state index in [2.05, 4.69) is 25.9 Å². The third kappa shape index (κ3) is 7.78. The predicted molar refractivity (Wildman–Crippen MR) is 106 cm³/mol. The van der Waals surface area contributed by atoms with Crippen LogP contribution in [0.4, 0.5) is 24.1 Å². The third-order valence-electron chi connectivity index (χ3n) is 4.28. The van der Waals surface area contributed by atoms with Gasteiger partial charge in [-0.25, -0.2) is 28.3 Å². The number of carbonyl (C=O) groups is 2. The molecule has 8 nitrogen and oxygen atoms in total. The van der Waals surface area contributed by atoms with Crippen molar-refractivity contribution in [3.8, 4) is 0 Å². The van der Waals surface area contributed by atoms with Crippen LogP contribution in [0.25, 0.3) is 0 Å². The van der Waals surface area contributed by atoms with Gasteiger partial charge in [0, 0.05) is 43.4 Å². The first-order valence-electron chi connectivity index (χ1n) is 9.60. The number of rotatable bonds is 4. The Bertz CT molecular complexity index is 721. The van der Waals surface area contributed by atoms with E-state index < -0.39 is 11.5 Å². The fourth-order valence-electron chi connectivity index (χ4n) is 2.86. The molecule has 0 atom stereocenters. The van der Waals surface area contributed by atoms with Gasteiger partial charge in [0.2, 0.25) is 0 Å². The van der Waals surface area contributed by atoms with E-state index in [0.717, 1.165) is 0 Å². The highest BCUT2D eigenvalue weighted by Crippen LogP contribution is 2.27. The molecular formula is C19H30F2N6O2. The average Bonchev–Trinajstić information content (AvgIpc) is 2.54. The molecule has 0 bridgehead atoms. The van der Waals surface area contributed by atoms with Gasteiger partial charge in [-0.15, -0.1) is 0 Å². The van der Waals surface area contributed by atoms with Crippen molar-refractivity contribution in [1.82, 2.24) is 25.5 Å². The molecule has 2 rings (SSSR count). The quantitative estimate of drug-likeness (QED) is 0.707. The topological polar surface area (TPSA) is 99.2 Å². The van der Waals surface area contributed by atoms with Crippen LogP contribution in [-0.2, 0) is 6.42 Å². The summed E-state index contributed by atoms with van der Waals surface area (Å²) in [7, 11) is 0. The SMILES string of the molecule is CC(C)(C)NC(=O)Nc1cnc(CC(C)(C)NC(=O)N2CCC(F)(F)CC2)nc1. The highest BCUT2D eigenvalue weighted by atomic mass is 19.3. The maximum Gasteiger partial charge on any atom is 0.319 e. The highest BCUT2D eigenvalue weighted by Gasteiger charge is 2.36. The lowest BCUT2D eigenvalue weighted by Crippen LogP contribution is -2.54. The number of nitrogens with one attached hydrogen (secondary N) is 3. The van der Waals surface area contributed by atoms with Crippen LogP contribution < -0.4 is 16.0 Å². The van der Waals surface area contributed by atoms with E-state index in [-0.39, 0.29) is 43.5 Å². The van der Waals surface area contributed by atoms with E-state index in [0.29, 0.717) is 17.9 Å². The number of likely N-dealkylation sites (tertiary alicyclic amines) is 1. The molecule has 1 fully saturated rings. The zero-order chi connectivity index (χ0) is 21.9. The number of anilines is 1. The predicted octanol–water partition coefficient (Wildman–Crippen LogP) is 3.16. The Morgan fingerprint density at radius 3 is 2.14 bits per heavy atom. The van der Waals surface area contributed by atoms with E-state index in [4.69, 9.17) is 0 Å². The van der Waals surface area contributed by atoms with Gasteiger partial charge in [0.15, 0.2) is 0 Å². The molecule has 1 aromatic heterocycles. The molecule has 0 spiro atoms. The van der Waals surface area contributed by atoms with Crippen LogP contribution in [0, 0.1) is 0 Å². The maximum atomic E-state index is 13.3. The number of nitrogens with zero attached hydrogens (tertiary/aromatic N) is 3. The van der Waals surface area contributed by atoms with E-state index in [1.807, 2.05) is 34.6 Å². The number of aromatic nitrogens is 2. The second-order valence-corrected chi connectivity index (χ2v) is 9.05. The number of hydrogen-bond acceptors (Lipinski definition) is 4. The minimum atomic E-state index is -2.69. The Morgan fingerprint density at radius 2 is 1.62 bits per heavy atom. The highest BCUT2D eigenvalue weighted by molar-refractivity contribution is 5.89. The fourth-order valence-corrected chi connectivity index (χ4v) is 2.86. The van der Waals surface area contributed by atoms with Gasteiger partial charge in [-0.05, 0) is 34.6 Å². The second kappa shape index (κ2) is 8.46. The summed E-state index contributed by atoms with van der Waals surface area (Å²) in [5.41, 5.74) is -0.584. The standard InChI is InChI=1S/C19H30F2N6O2/c1-17(2,3)25-15(28)24-13-11-22-14(23-12-13)10-18(4,5)26-16(29)27-8-6-19(20,21)7-9-27/h11-12H,6-10H2,1-5H3,(H,26,29)(H2,24,25,28). The lowest BCUT2D eigenvalue weighted by atomic mass is 10.00. The van der Waals surface area contributed by atoms with Gasteiger partial charge in [-0.3, -0.25) is 0 Å². The molecular weight excluding hydrogens is 382 g/mol. The van der Waals surface area contributed by atoms with Gasteiger partial charge >= 0.3 is 12.1 Å². The number of alkyl halides is 2. The molecule has 0 radical (unpaired) electrons. The van der Waals surface area contributed by atoms with Gasteiger partial charge < -0.3 is 20.9 Å². The van der Waals surface area contributed by atoms with Crippen LogP contribution in [0.5, 0.6) is 0 Å². The van der Waals surface area contributed by atoms with Gasteiger partial charge in [0.1, 0.15) is 5.82 Å². The number of hydrogen-bond donors (Lipinski definition) is 3. The summed E-state index contributed by atoms with van der Waals surface area (Å²) in [4.78, 5) is 34.1. The molecule has 0 aromatic carbocycles. The van der Waals surface area contributed by atoms with Gasteiger partial charge in [-0.2, -0.15) is 0 Å². The molecule has 1 saturated heterocycles. The van der Waals surface area contributed by atoms with Crippen molar-refractivity contribution in [2.45, 2.75) is 70.9 Å². The molecule has 162 valence electrons. The molecule has 0 saturated carbocycles. The van der Waals surface area contributed by atoms with Gasteiger partial charge in [0.25, 0.3) is 5.92 Å². The smallest absolute Gasteiger partial charge is 0.319 e. The van der Waals surface area contributed by atoms with Crippen molar-refractivity contribution in [3.05, 3.63) is 18.2 Å². The van der Waals surface area contributed by atoms with Crippen LogP contribution >= 0.6 is 0 Å². The van der Waals surface area contributed by atoms with Crippen LogP contribution in [0.2, 0.25) is 0 Å². The molecule has 1 aliphatic heterocycles. The lowest BCUT2D eigenvalue weighted by molar-refractivity contribution is -0.0472. The first-order valence-corrected chi connectivity index (χ1v) is 9.60. The number of urea groups is 2. The first kappa shape index (κ1) is 22.8. The normalized spacial score (nSPS) is 16.9. The maximum absolute atomic E-state index is 13.3. The van der Waals surface area contributed by atoms with Gasteiger partial charge in [0.05, 0.1) is 18.1 Å². The molecule has 2 heterocycles. The Labute approximate surface area is 169 Å². The monoisotopic (exact) mass is 412 g/mol. The molecule has 29 heavy (non-hydrogen) atoms. The summed E-state index contributed by atoms with van der Waals surface area (Å²) in [6.07, 6.45) is 2.70. The molecule has 0 unspecified atom stereocenters. The molecule has 10 heteroatoms. The van der Waals surface area contributed by atoms with Crippen molar-refractivity contribution in [2.24, 2.45) is 0 Å². The Hall–Kier alpha value is -2.52. The largest absolute Gasteiger partial charge is 0.333 e. The number of carbonyl (C=O) groups excluding carboxylic acids is 2. The van der Waals surface area contributed by atoms with Crippen LogP contribution in [0.3, 0.4) is 0 Å². The zero-order valence-electron chi connectivity index (χ0n) is 17.6. The molecule has 3 N–H and O–H groups in total. The Morgan fingerprint density at radius 1 is 1.07 bits per heavy atom. The number of piperidine rings is 1. The van der Waals surface area contributed by atoms with Crippen molar-refractivity contribution < 1.29 is 18.4 Å². The van der Waals surface area contributed by atoms with Crippen LogP contribution in [-0.4, -0.2) is 57.0 Å². The number of halogens is 2. The Balaban J connectivity index is 1.88. The zero-order valence-corrected chi connectivity index (χ0v) is 17.6. The summed E-state index contributed by atoms with van der Waals surface area (Å²) >= 11 is 0. The fraction of sp³-hybridized carbons (Fsp3) is 0.684. The lowest BCUT2D eigenvalue weighted by Gasteiger charge is -2.35. The van der Waals surface area contributed by atoms with E-state index in [9.17, 15) is 18.4 Å². The van der Waals surface area contributed by atoms with Crippen molar-refractivity contribution in [2.75, 3.05) is 18.4 Å². The molecule has 0 aliphatic carbocycles. The second-order valence-electron chi connectivity index (χ2n) is 9.05. The summed E-state index contributed by atoms with van der Waals surface area (Å²) in [6, 6.07) is -0.726. The summed E-state index contributed by atoms with van der Waals surface area (Å²) in [6.45, 7) is 9.31. The summed E-state index contributed by atoms with van der Waals surface area (Å²) < 4.78 is 26.5. The number of amides is 4. The van der Waals surface area contributed by atoms with Crippen molar-refractivity contribution in [1.29, 1.82) is 0 Å². The first-order chi connectivity index (χ1) is 13.2. The molecule has 1 aromatic rings. The minimum Gasteiger partial charge on any atom is -0.333 e. The minimum absolute atomic E-state index is 0.0302. The molecule has 1 aliphatic rings.